The second-order valence-corrected chi connectivity index (χ2v) is 4.30. The molecule has 1 aromatic heterocycles. The number of carbonyl (C=O) groups excluding carboxylic acids is 1. The van der Waals surface area contributed by atoms with E-state index in [1.165, 1.54) is 11.3 Å². The zero-order valence-electron chi connectivity index (χ0n) is 8.25. The molecule has 0 bridgehead atoms. The maximum Gasteiger partial charge on any atom is 0.350 e. The first-order valence-electron chi connectivity index (χ1n) is 4.15. The van der Waals surface area contributed by atoms with E-state index in [1.54, 1.807) is 0 Å². The maximum atomic E-state index is 11.4. The molecule has 0 unspecified atom stereocenters. The molecule has 1 aromatic rings. The van der Waals surface area contributed by atoms with Crippen LogP contribution in [0.3, 0.4) is 0 Å². The minimum Gasteiger partial charge on any atom is -0.459 e. The van der Waals surface area contributed by atoms with Crippen molar-refractivity contribution in [3.05, 3.63) is 15.6 Å². The van der Waals surface area contributed by atoms with Crippen molar-refractivity contribution in [2.24, 2.45) is 0 Å². The van der Waals surface area contributed by atoms with Crippen LogP contribution in [0.1, 0.15) is 34.2 Å². The molecule has 0 N–H and O–H groups in total. The molecule has 0 fully saturated rings. The number of hydrogen-bond donors (Lipinski definition) is 0. The molecule has 0 atom stereocenters. The fraction of sp³-hybridized carbons (Fsp3) is 0.556. The zero-order valence-corrected chi connectivity index (χ0v) is 9.07. The third kappa shape index (κ3) is 2.52. The highest BCUT2D eigenvalue weighted by Crippen LogP contribution is 2.18. The number of thiazole rings is 1. The van der Waals surface area contributed by atoms with Crippen molar-refractivity contribution >= 4 is 17.3 Å². The highest BCUT2D eigenvalue weighted by molar-refractivity contribution is 7.13. The van der Waals surface area contributed by atoms with E-state index in [2.05, 4.69) is 4.98 Å². The van der Waals surface area contributed by atoms with Gasteiger partial charge in [-0.2, -0.15) is 0 Å². The first kappa shape index (κ1) is 10.2. The Kier molecular flexibility index (Phi) is 3.03. The molecule has 0 aliphatic carbocycles. The zero-order chi connectivity index (χ0) is 10.0. The van der Waals surface area contributed by atoms with Gasteiger partial charge >= 0.3 is 5.97 Å². The Balaban J connectivity index is 2.82. The number of esters is 1. The highest BCUT2D eigenvalue weighted by Gasteiger charge is 2.15. The topological polar surface area (TPSA) is 39.2 Å². The summed E-state index contributed by atoms with van der Waals surface area (Å²) in [7, 11) is 0. The lowest BCUT2D eigenvalue weighted by Gasteiger charge is -2.05. The van der Waals surface area contributed by atoms with Crippen LogP contribution in [0.5, 0.6) is 0 Å². The van der Waals surface area contributed by atoms with Gasteiger partial charge < -0.3 is 4.74 Å². The number of nitrogens with zero attached hydrogens (tertiary/aromatic N) is 1. The minimum absolute atomic E-state index is 0.0747. The van der Waals surface area contributed by atoms with Crippen LogP contribution in [-0.2, 0) is 4.74 Å². The van der Waals surface area contributed by atoms with Crippen molar-refractivity contribution in [1.29, 1.82) is 0 Å². The average molecular weight is 199 g/mol. The monoisotopic (exact) mass is 199 g/mol. The SMILES string of the molecule is Cc1nc(C)c(C(=O)OC(C)C)s1. The molecule has 0 saturated carbocycles. The summed E-state index contributed by atoms with van der Waals surface area (Å²) < 4.78 is 5.06. The predicted molar refractivity (Wildman–Crippen MR) is 52.1 cm³/mol. The highest BCUT2D eigenvalue weighted by atomic mass is 32.1. The van der Waals surface area contributed by atoms with Crippen LogP contribution in [0.25, 0.3) is 0 Å². The molecule has 0 radical (unpaired) electrons. The van der Waals surface area contributed by atoms with Crippen LogP contribution in [-0.4, -0.2) is 17.1 Å². The predicted octanol–water partition coefficient (Wildman–Crippen LogP) is 2.33. The van der Waals surface area contributed by atoms with Crippen molar-refractivity contribution in [2.75, 3.05) is 0 Å². The Bertz CT molecular complexity index is 317. The minimum atomic E-state index is -0.266. The van der Waals surface area contributed by atoms with Gasteiger partial charge in [0.1, 0.15) is 4.88 Å². The van der Waals surface area contributed by atoms with Gasteiger partial charge in [0.15, 0.2) is 0 Å². The first-order chi connectivity index (χ1) is 6.00. The van der Waals surface area contributed by atoms with Crippen LogP contribution in [0.15, 0.2) is 0 Å². The molecule has 1 heterocycles. The van der Waals surface area contributed by atoms with Gasteiger partial charge in [0.05, 0.1) is 16.8 Å². The van der Waals surface area contributed by atoms with Crippen LogP contribution in [0, 0.1) is 13.8 Å². The van der Waals surface area contributed by atoms with Crippen molar-refractivity contribution < 1.29 is 9.53 Å². The van der Waals surface area contributed by atoms with E-state index in [0.717, 1.165) is 10.7 Å². The molecule has 0 aliphatic heterocycles. The lowest BCUT2D eigenvalue weighted by Crippen LogP contribution is -2.11. The molecule has 0 aliphatic rings. The average Bonchev–Trinajstić information content (AvgIpc) is 2.28. The Morgan fingerprint density at radius 3 is 2.46 bits per heavy atom. The van der Waals surface area contributed by atoms with Gasteiger partial charge in [-0.1, -0.05) is 0 Å². The van der Waals surface area contributed by atoms with E-state index < -0.39 is 0 Å². The Labute approximate surface area is 81.8 Å². The summed E-state index contributed by atoms with van der Waals surface area (Å²) in [6.45, 7) is 7.37. The van der Waals surface area contributed by atoms with Gasteiger partial charge in [0.2, 0.25) is 0 Å². The fourth-order valence-corrected chi connectivity index (χ4v) is 1.79. The normalized spacial score (nSPS) is 10.5. The van der Waals surface area contributed by atoms with E-state index in [4.69, 9.17) is 4.74 Å². The van der Waals surface area contributed by atoms with E-state index in [-0.39, 0.29) is 12.1 Å². The number of rotatable bonds is 2. The van der Waals surface area contributed by atoms with Crippen LogP contribution in [0.2, 0.25) is 0 Å². The van der Waals surface area contributed by atoms with Crippen LogP contribution in [0.4, 0.5) is 0 Å². The van der Waals surface area contributed by atoms with Crippen LogP contribution >= 0.6 is 11.3 Å². The lowest BCUT2D eigenvalue weighted by molar-refractivity contribution is 0.0382. The third-order valence-corrected chi connectivity index (χ3v) is 2.48. The summed E-state index contributed by atoms with van der Waals surface area (Å²) in [6, 6.07) is 0. The van der Waals surface area contributed by atoms with E-state index in [0.29, 0.717) is 4.88 Å². The van der Waals surface area contributed by atoms with Gasteiger partial charge in [-0.25, -0.2) is 9.78 Å². The van der Waals surface area contributed by atoms with E-state index >= 15 is 0 Å². The van der Waals surface area contributed by atoms with Gasteiger partial charge in [-0.3, -0.25) is 0 Å². The first-order valence-corrected chi connectivity index (χ1v) is 4.97. The van der Waals surface area contributed by atoms with Gasteiger partial charge in [0.25, 0.3) is 0 Å². The summed E-state index contributed by atoms with van der Waals surface area (Å²) in [5.41, 5.74) is 0.758. The number of carbonyl (C=O) groups is 1. The molecule has 72 valence electrons. The summed E-state index contributed by atoms with van der Waals surface area (Å²) in [5.74, 6) is -0.266. The number of aryl methyl sites for hydroxylation is 2. The largest absolute Gasteiger partial charge is 0.459 e. The lowest BCUT2D eigenvalue weighted by atomic mass is 10.4. The Hall–Kier alpha value is -0.900. The Morgan fingerprint density at radius 1 is 1.46 bits per heavy atom. The molecule has 0 spiro atoms. The molecule has 0 aromatic carbocycles. The summed E-state index contributed by atoms with van der Waals surface area (Å²) in [4.78, 5) is 16.2. The molecule has 3 nitrogen and oxygen atoms in total. The van der Waals surface area contributed by atoms with Gasteiger partial charge in [0, 0.05) is 0 Å². The van der Waals surface area contributed by atoms with Crippen molar-refractivity contribution in [3.63, 3.8) is 0 Å². The third-order valence-electron chi connectivity index (χ3n) is 1.43. The molecular formula is C9H13NO2S. The molecule has 4 heteroatoms. The second kappa shape index (κ2) is 3.87. The van der Waals surface area contributed by atoms with Crippen LogP contribution < -0.4 is 0 Å². The van der Waals surface area contributed by atoms with Crippen molar-refractivity contribution in [3.8, 4) is 0 Å². The summed E-state index contributed by atoms with van der Waals surface area (Å²) in [5, 5.41) is 0.896. The molecule has 13 heavy (non-hydrogen) atoms. The molecule has 0 amide bonds. The summed E-state index contributed by atoms with van der Waals surface area (Å²) in [6.07, 6.45) is -0.0747. The molecular weight excluding hydrogens is 186 g/mol. The Morgan fingerprint density at radius 2 is 2.08 bits per heavy atom. The number of hydrogen-bond acceptors (Lipinski definition) is 4. The summed E-state index contributed by atoms with van der Waals surface area (Å²) >= 11 is 1.38. The smallest absolute Gasteiger partial charge is 0.350 e. The number of aromatic nitrogens is 1. The van der Waals surface area contributed by atoms with E-state index in [1.807, 2.05) is 27.7 Å². The van der Waals surface area contributed by atoms with Gasteiger partial charge in [-0.15, -0.1) is 11.3 Å². The van der Waals surface area contributed by atoms with Gasteiger partial charge in [-0.05, 0) is 27.7 Å². The quantitative estimate of drug-likeness (QED) is 0.686. The maximum absolute atomic E-state index is 11.4. The standard InChI is InChI=1S/C9H13NO2S/c1-5(2)12-9(11)8-6(3)10-7(4)13-8/h5H,1-4H3. The fourth-order valence-electron chi connectivity index (χ4n) is 0.988. The number of ether oxygens (including phenoxy) is 1. The van der Waals surface area contributed by atoms with E-state index in [9.17, 15) is 4.79 Å². The molecule has 1 rings (SSSR count). The van der Waals surface area contributed by atoms with Crippen molar-refractivity contribution in [2.45, 2.75) is 33.8 Å². The second-order valence-electron chi connectivity index (χ2n) is 3.10. The van der Waals surface area contributed by atoms with Crippen molar-refractivity contribution in [1.82, 2.24) is 4.98 Å². The molecule has 0 saturated heterocycles.